The molecule has 0 aliphatic heterocycles. The van der Waals surface area contributed by atoms with Gasteiger partial charge < -0.3 is 31.3 Å². The second-order valence-corrected chi connectivity index (χ2v) is 7.68. The molecule has 0 bridgehead atoms. The Hall–Kier alpha value is -2.94. The van der Waals surface area contributed by atoms with E-state index < -0.39 is 41.9 Å². The standard InChI is InChI=1S/C17H34BN7O7/c1-11(2)10-14(18(29)30)23-16(28)13(6-4-9-21-17(19)24-25(31)32)22-15(27)7-5-8-20-12(3)26/h11,13-14,29-30H,4-10H2,1-3H3,(H,20,26)(H,22,27)(H,23,28)(H3,19,21,24)/t13-,14-/m0/s1. The first-order valence-corrected chi connectivity index (χ1v) is 10.4. The normalized spacial score (nSPS) is 12.3. The molecular weight excluding hydrogens is 425 g/mol. The molecule has 2 atom stereocenters. The summed E-state index contributed by atoms with van der Waals surface area (Å²) >= 11 is 0. The molecule has 32 heavy (non-hydrogen) atoms. The second-order valence-electron chi connectivity index (χ2n) is 7.68. The Kier molecular flexibility index (Phi) is 14.4. The number of amides is 3. The fraction of sp³-hybridized carbons (Fsp3) is 0.765. The lowest BCUT2D eigenvalue weighted by Gasteiger charge is -2.24. The van der Waals surface area contributed by atoms with Crippen LogP contribution < -0.4 is 26.7 Å². The first kappa shape index (κ1) is 29.1. The highest BCUT2D eigenvalue weighted by atomic mass is 16.7. The number of hydrogen-bond donors (Lipinski definition) is 8. The van der Waals surface area contributed by atoms with Crippen LogP contribution in [0, 0.1) is 21.4 Å². The quantitative estimate of drug-likeness (QED) is 0.0339. The Morgan fingerprint density at radius 2 is 1.72 bits per heavy atom. The van der Waals surface area contributed by atoms with Gasteiger partial charge in [-0.1, -0.05) is 19.3 Å². The van der Waals surface area contributed by atoms with E-state index >= 15 is 0 Å². The minimum atomic E-state index is -1.77. The molecule has 15 heteroatoms. The molecule has 0 rings (SSSR count). The van der Waals surface area contributed by atoms with Crippen LogP contribution in [0.2, 0.25) is 0 Å². The summed E-state index contributed by atoms with van der Waals surface area (Å²) < 4.78 is 0. The van der Waals surface area contributed by atoms with Crippen molar-refractivity contribution in [1.29, 1.82) is 5.41 Å². The molecule has 14 nitrogen and oxygen atoms in total. The van der Waals surface area contributed by atoms with Crippen molar-refractivity contribution in [2.45, 2.75) is 64.9 Å². The van der Waals surface area contributed by atoms with Crippen molar-refractivity contribution in [3.05, 3.63) is 10.1 Å². The number of hydrazine groups is 1. The molecule has 182 valence electrons. The molecule has 0 aliphatic carbocycles. The minimum absolute atomic E-state index is 0.0672. The van der Waals surface area contributed by atoms with Gasteiger partial charge >= 0.3 is 7.12 Å². The smallest absolute Gasteiger partial charge is 0.426 e. The van der Waals surface area contributed by atoms with Crippen molar-refractivity contribution in [2.75, 3.05) is 13.1 Å². The SMILES string of the molecule is CC(=O)NCCCC(=O)N[C@@H](CCCNC(=N)N[N+](=O)[O-])C(=O)N[C@@H](CC(C)C)B(O)O. The van der Waals surface area contributed by atoms with Gasteiger partial charge in [-0.3, -0.25) is 19.8 Å². The van der Waals surface area contributed by atoms with Crippen molar-refractivity contribution in [3.63, 3.8) is 0 Å². The molecule has 0 heterocycles. The van der Waals surface area contributed by atoms with Gasteiger partial charge in [-0.25, -0.2) is 10.1 Å². The second kappa shape index (κ2) is 15.8. The molecule has 0 fully saturated rings. The lowest BCUT2D eigenvalue weighted by Crippen LogP contribution is -2.54. The number of rotatable bonds is 15. The molecule has 0 unspecified atom stereocenters. The zero-order chi connectivity index (χ0) is 24.7. The third-order valence-electron chi connectivity index (χ3n) is 4.19. The molecule has 0 aromatic carbocycles. The maximum absolute atomic E-state index is 12.7. The maximum Gasteiger partial charge on any atom is 0.475 e. The lowest BCUT2D eigenvalue weighted by molar-refractivity contribution is -0.525. The predicted octanol–water partition coefficient (Wildman–Crippen LogP) is -1.98. The number of hydrogen-bond acceptors (Lipinski definition) is 8. The highest BCUT2D eigenvalue weighted by Gasteiger charge is 2.29. The third kappa shape index (κ3) is 15.0. The van der Waals surface area contributed by atoms with Crippen LogP contribution in [-0.2, 0) is 14.4 Å². The van der Waals surface area contributed by atoms with Gasteiger partial charge in [-0.05, 0) is 31.6 Å². The van der Waals surface area contributed by atoms with E-state index in [4.69, 9.17) is 5.41 Å². The molecule has 0 radical (unpaired) electrons. The fourth-order valence-corrected chi connectivity index (χ4v) is 2.75. The van der Waals surface area contributed by atoms with E-state index in [2.05, 4.69) is 21.3 Å². The molecule has 0 aliphatic rings. The zero-order valence-corrected chi connectivity index (χ0v) is 18.6. The predicted molar refractivity (Wildman–Crippen MR) is 117 cm³/mol. The molecule has 8 N–H and O–H groups in total. The Morgan fingerprint density at radius 1 is 1.09 bits per heavy atom. The van der Waals surface area contributed by atoms with Gasteiger partial charge in [0.15, 0.2) is 5.03 Å². The maximum atomic E-state index is 12.7. The van der Waals surface area contributed by atoms with E-state index in [9.17, 15) is 34.5 Å². The van der Waals surface area contributed by atoms with Gasteiger partial charge in [-0.15, -0.1) is 0 Å². The van der Waals surface area contributed by atoms with Crippen molar-refractivity contribution in [1.82, 2.24) is 26.7 Å². The zero-order valence-electron chi connectivity index (χ0n) is 18.6. The topological polar surface area (TPSA) is 219 Å². The van der Waals surface area contributed by atoms with Gasteiger partial charge in [-0.2, -0.15) is 0 Å². The van der Waals surface area contributed by atoms with Crippen LogP contribution in [0.3, 0.4) is 0 Å². The molecule has 0 aromatic rings. The average molecular weight is 459 g/mol. The van der Waals surface area contributed by atoms with Gasteiger partial charge in [0.25, 0.3) is 5.96 Å². The molecule has 0 aromatic heterocycles. The summed E-state index contributed by atoms with van der Waals surface area (Å²) in [6.45, 7) is 5.51. The minimum Gasteiger partial charge on any atom is -0.426 e. The molecule has 0 saturated heterocycles. The average Bonchev–Trinajstić information content (AvgIpc) is 2.65. The first-order chi connectivity index (χ1) is 14.9. The van der Waals surface area contributed by atoms with Gasteiger partial charge in [0.1, 0.15) is 6.04 Å². The van der Waals surface area contributed by atoms with Crippen LogP contribution in [0.25, 0.3) is 0 Å². The van der Waals surface area contributed by atoms with Crippen LogP contribution in [0.15, 0.2) is 0 Å². The number of nitro groups is 1. The Balaban J connectivity index is 4.89. The summed E-state index contributed by atoms with van der Waals surface area (Å²) in [5, 5.41) is 46.0. The number of nitrogens with one attached hydrogen (secondary N) is 6. The summed E-state index contributed by atoms with van der Waals surface area (Å²) in [6.07, 6.45) is 1.17. The first-order valence-electron chi connectivity index (χ1n) is 10.4. The summed E-state index contributed by atoms with van der Waals surface area (Å²) in [7, 11) is -1.77. The lowest BCUT2D eigenvalue weighted by atomic mass is 9.75. The number of nitrogens with zero attached hydrogens (tertiary/aromatic N) is 1. The van der Waals surface area contributed by atoms with E-state index in [0.29, 0.717) is 19.4 Å². The van der Waals surface area contributed by atoms with Gasteiger partial charge in [0, 0.05) is 26.4 Å². The highest BCUT2D eigenvalue weighted by molar-refractivity contribution is 6.43. The van der Waals surface area contributed by atoms with E-state index in [0.717, 1.165) is 0 Å². The van der Waals surface area contributed by atoms with Crippen LogP contribution in [0.1, 0.15) is 52.9 Å². The summed E-state index contributed by atoms with van der Waals surface area (Å²) in [6, 6.07) is -0.990. The van der Waals surface area contributed by atoms with Gasteiger partial charge in [0.05, 0.1) is 5.94 Å². The monoisotopic (exact) mass is 459 g/mol. The van der Waals surface area contributed by atoms with Gasteiger partial charge in [0.2, 0.25) is 17.7 Å². The fourth-order valence-electron chi connectivity index (χ4n) is 2.75. The largest absolute Gasteiger partial charge is 0.475 e. The van der Waals surface area contributed by atoms with Crippen LogP contribution in [0.5, 0.6) is 0 Å². The van der Waals surface area contributed by atoms with Crippen molar-refractivity contribution >= 4 is 30.8 Å². The van der Waals surface area contributed by atoms with E-state index in [1.54, 1.807) is 5.43 Å². The summed E-state index contributed by atoms with van der Waals surface area (Å²) in [5.74, 6) is -2.59. The van der Waals surface area contributed by atoms with E-state index in [1.165, 1.54) is 6.92 Å². The number of carbonyl (C=O) groups excluding carboxylic acids is 3. The van der Waals surface area contributed by atoms with Crippen LogP contribution in [-0.4, -0.2) is 71.0 Å². The Morgan fingerprint density at radius 3 is 2.25 bits per heavy atom. The van der Waals surface area contributed by atoms with E-state index in [-0.39, 0.29) is 37.6 Å². The number of guanidine groups is 1. The van der Waals surface area contributed by atoms with E-state index in [1.807, 2.05) is 13.8 Å². The van der Waals surface area contributed by atoms with Crippen LogP contribution in [0.4, 0.5) is 0 Å². The molecular formula is C17H34BN7O7. The van der Waals surface area contributed by atoms with Crippen molar-refractivity contribution in [2.24, 2.45) is 5.92 Å². The molecule has 3 amide bonds. The third-order valence-corrected chi connectivity index (χ3v) is 4.19. The molecule has 0 spiro atoms. The van der Waals surface area contributed by atoms with Crippen LogP contribution >= 0.6 is 0 Å². The highest BCUT2D eigenvalue weighted by Crippen LogP contribution is 2.07. The number of carbonyl (C=O) groups is 3. The van der Waals surface area contributed by atoms with Crippen molar-refractivity contribution < 1.29 is 29.5 Å². The molecule has 0 saturated carbocycles. The van der Waals surface area contributed by atoms with Crippen molar-refractivity contribution in [3.8, 4) is 0 Å². The Labute approximate surface area is 187 Å². The summed E-state index contributed by atoms with van der Waals surface area (Å²) in [4.78, 5) is 46.1. The Bertz CT molecular complexity index is 649. The summed E-state index contributed by atoms with van der Waals surface area (Å²) in [5.41, 5.74) is 1.64.